The molecule has 2 aliphatic heterocycles. The number of aliphatic hydroxyl groups excluding tert-OH is 2. The third-order valence-electron chi connectivity index (χ3n) is 19.3. The summed E-state index contributed by atoms with van der Waals surface area (Å²) in [7, 11) is 0. The smallest absolute Gasteiger partial charge is 0.225 e. The minimum atomic E-state index is -2.32. The van der Waals surface area contributed by atoms with Gasteiger partial charge >= 0.3 is 0 Å². The number of ether oxygens (including phenoxy) is 4. The third-order valence-corrected chi connectivity index (χ3v) is 21.0. The van der Waals surface area contributed by atoms with Crippen LogP contribution in [0.25, 0.3) is 0 Å². The summed E-state index contributed by atoms with van der Waals surface area (Å²) in [5, 5.41) is 40.3. The predicted octanol–water partition coefficient (Wildman–Crippen LogP) is 8.28. The van der Waals surface area contributed by atoms with Crippen molar-refractivity contribution in [3.8, 4) is 12.1 Å². The van der Waals surface area contributed by atoms with E-state index in [9.17, 15) is 33.8 Å². The fourth-order valence-electron chi connectivity index (χ4n) is 16.2. The van der Waals surface area contributed by atoms with Crippen molar-refractivity contribution in [2.45, 2.75) is 151 Å². The van der Waals surface area contributed by atoms with Crippen molar-refractivity contribution < 1.29 is 70.3 Å². The minimum Gasteiger partial charge on any atom is -0.390 e. The van der Waals surface area contributed by atoms with E-state index in [4.69, 9.17) is 29.5 Å². The molecule has 12 nitrogen and oxygen atoms in total. The first-order valence-corrected chi connectivity index (χ1v) is 26.6. The van der Waals surface area contributed by atoms with Gasteiger partial charge in [0, 0.05) is 39.1 Å². The molecular weight excluding hydrogens is 996 g/mol. The Balaban J connectivity index is 0.000000169. The number of rotatable bonds is 5. The Kier molecular flexibility index (Phi) is 12.4. The molecule has 19 atom stereocenters. The van der Waals surface area contributed by atoms with Crippen LogP contribution in [0.15, 0.2) is 71.9 Å². The van der Waals surface area contributed by atoms with E-state index in [1.54, 1.807) is 40.7 Å². The quantitative estimate of drug-likeness (QED) is 0.268. The molecule has 0 aromatic heterocycles. The maximum atomic E-state index is 17.5. The van der Waals surface area contributed by atoms with Crippen LogP contribution >= 0.6 is 23.5 Å². The normalized spacial score (nSPS) is 48.1. The van der Waals surface area contributed by atoms with Crippen molar-refractivity contribution in [3.63, 3.8) is 0 Å². The first kappa shape index (κ1) is 52.4. The summed E-state index contributed by atoms with van der Waals surface area (Å²) < 4.78 is 106. The highest BCUT2D eigenvalue weighted by Gasteiger charge is 2.82. The Morgan fingerprint density at radius 1 is 0.699 bits per heavy atom. The van der Waals surface area contributed by atoms with Crippen LogP contribution in [0.5, 0.6) is 0 Å². The molecule has 6 saturated carbocycles. The van der Waals surface area contributed by atoms with Crippen molar-refractivity contribution >= 4 is 45.3 Å². The molecule has 0 radical (unpaired) electrons. The van der Waals surface area contributed by atoms with Crippen LogP contribution in [0.2, 0.25) is 0 Å². The van der Waals surface area contributed by atoms with Crippen LogP contribution < -0.4 is 0 Å². The van der Waals surface area contributed by atoms with Crippen molar-refractivity contribution in [1.82, 2.24) is 0 Å². The Morgan fingerprint density at radius 3 is 1.66 bits per heavy atom. The van der Waals surface area contributed by atoms with E-state index >= 15 is 17.6 Å². The van der Waals surface area contributed by atoms with E-state index in [1.807, 2.05) is 12.1 Å². The van der Waals surface area contributed by atoms with Crippen molar-refractivity contribution in [2.24, 2.45) is 45.3 Å². The molecule has 19 heteroatoms. The number of hydrogen-bond acceptors (Lipinski definition) is 14. The second kappa shape index (κ2) is 17.2. The molecule has 8 aliphatic carbocycles. The van der Waals surface area contributed by atoms with E-state index in [0.717, 1.165) is 35.7 Å². The van der Waals surface area contributed by atoms with E-state index < -0.39 is 139 Å². The molecule has 390 valence electrons. The molecule has 1 aromatic carbocycles. The maximum absolute atomic E-state index is 17.5. The van der Waals surface area contributed by atoms with Gasteiger partial charge < -0.3 is 29.2 Å². The van der Waals surface area contributed by atoms with Crippen molar-refractivity contribution in [2.75, 3.05) is 11.5 Å². The van der Waals surface area contributed by atoms with Gasteiger partial charge in [0.1, 0.15) is 18.2 Å². The first-order valence-electron chi connectivity index (χ1n) is 24.7. The van der Waals surface area contributed by atoms with Gasteiger partial charge in [0.15, 0.2) is 46.2 Å². The van der Waals surface area contributed by atoms with Crippen molar-refractivity contribution in [3.05, 3.63) is 83.2 Å². The standard InChI is InChI=1S/C29H28F3NO5S.C25H29F2NO5S/c1-26-8-7-15(34)11-19(26)21(31)12-18-17-13-23-29(25(36)39-10-9-33,27(17,2)14-22(35)28(18,26)32)38-24(37-23)16-5-3-4-6-20(16)30;1-21(2)32-19-11-14-15-10-17(26)16-9-13(29)5-6-22(16,3)24(15,27)18(30)12-23(14,4)25(19,33-21)20(31)34-8-7-28/h3-8,11,17-18,21-24,35H,10,12-14H2,1-2H3;5-6,9,14-15,17-19,30H,8,10-12H2,1-4H3/t17-,18-,21-,22-,23+,24?,26-,27-,28-,29-;14-,15-,17-,18-,19+,22-,23-,24-,25-/m00/s1. The molecule has 0 bridgehead atoms. The Labute approximate surface area is 428 Å². The number of thioether (sulfide) groups is 2. The molecule has 2 heterocycles. The number of carbonyl (C=O) groups is 4. The molecule has 1 unspecified atom stereocenters. The molecular formula is C54H57F5N2O10S2. The Morgan fingerprint density at radius 2 is 1.16 bits per heavy atom. The summed E-state index contributed by atoms with van der Waals surface area (Å²) in [4.78, 5) is 51.5. The number of carbonyl (C=O) groups excluding carboxylic acids is 4. The van der Waals surface area contributed by atoms with Gasteiger partial charge in [0.2, 0.25) is 10.2 Å². The number of hydrogen-bond donors (Lipinski definition) is 2. The number of ketones is 2. The van der Waals surface area contributed by atoms with Crippen LogP contribution in [-0.2, 0) is 38.1 Å². The number of halogens is 5. The predicted molar refractivity (Wildman–Crippen MR) is 255 cm³/mol. The molecule has 73 heavy (non-hydrogen) atoms. The largest absolute Gasteiger partial charge is 0.390 e. The van der Waals surface area contributed by atoms with E-state index in [1.165, 1.54) is 49.4 Å². The summed E-state index contributed by atoms with van der Waals surface area (Å²) in [5.41, 5.74) is -12.9. The number of aliphatic hydroxyl groups is 2. The summed E-state index contributed by atoms with van der Waals surface area (Å²) in [6.45, 7) is 9.98. The molecule has 11 rings (SSSR count). The molecule has 0 spiro atoms. The molecule has 2 N–H and O–H groups in total. The Bertz CT molecular complexity index is 2800. The van der Waals surface area contributed by atoms with Gasteiger partial charge in [-0.2, -0.15) is 10.5 Å². The minimum absolute atomic E-state index is 0.0112. The second-order valence-corrected chi connectivity index (χ2v) is 24.7. The zero-order valence-corrected chi connectivity index (χ0v) is 42.7. The monoisotopic (exact) mass is 1050 g/mol. The highest BCUT2D eigenvalue weighted by atomic mass is 32.2. The van der Waals surface area contributed by atoms with Crippen LogP contribution in [0.1, 0.15) is 91.9 Å². The van der Waals surface area contributed by atoms with Crippen LogP contribution in [0.3, 0.4) is 0 Å². The average Bonchev–Trinajstić information content (AvgIpc) is 4.00. The molecule has 8 fully saturated rings. The van der Waals surface area contributed by atoms with Crippen molar-refractivity contribution in [1.29, 1.82) is 10.5 Å². The van der Waals surface area contributed by atoms with E-state index in [2.05, 4.69) is 0 Å². The van der Waals surface area contributed by atoms with Crippen LogP contribution in [-0.4, -0.2) is 109 Å². The number of alkyl halides is 4. The third kappa shape index (κ3) is 6.77. The number of nitriles is 2. The SMILES string of the molecule is CC1(C)O[C@@H]2C[C@H]3[C@@H]4C[C@H](F)C5=CC(=O)C=C[C@]5(C)[C@@]4(F)[C@@H](O)C[C@]3(C)[C@]2(C(=O)SCC#N)O1.C[C@]12C=CC(=O)C=C1[C@@H](F)C[C@H]1[C@@H]3C[C@H]4OC(c5ccccc5F)O[C@@]4(C(=O)SCC#N)[C@@]3(C)C[C@H](O)[C@@]12F. The Hall–Kier alpha value is -4.05. The molecule has 10 aliphatic rings. The van der Waals surface area contributed by atoms with E-state index in [-0.39, 0.29) is 71.9 Å². The van der Waals surface area contributed by atoms with Crippen LogP contribution in [0.4, 0.5) is 22.0 Å². The van der Waals surface area contributed by atoms with Gasteiger partial charge in [-0.25, -0.2) is 22.0 Å². The van der Waals surface area contributed by atoms with Gasteiger partial charge in [0.25, 0.3) is 0 Å². The zero-order chi connectivity index (χ0) is 52.9. The summed E-state index contributed by atoms with van der Waals surface area (Å²) in [6, 6.07) is 9.75. The number of benzene rings is 1. The topological polar surface area (TPSA) is 193 Å². The molecule has 2 saturated heterocycles. The number of fused-ring (bicyclic) bond motifs is 14. The molecule has 0 amide bonds. The van der Waals surface area contributed by atoms with E-state index in [0.29, 0.717) is 0 Å². The highest BCUT2D eigenvalue weighted by molar-refractivity contribution is 8.14. The van der Waals surface area contributed by atoms with Crippen LogP contribution in [0, 0.1) is 73.8 Å². The fourth-order valence-corrected chi connectivity index (χ4v) is 17.8. The molecule has 1 aromatic rings. The van der Waals surface area contributed by atoms with Gasteiger partial charge in [-0.1, -0.05) is 67.7 Å². The lowest BCUT2D eigenvalue weighted by atomic mass is 9.44. The lowest BCUT2D eigenvalue weighted by Gasteiger charge is -2.63. The van der Waals surface area contributed by atoms with Gasteiger partial charge in [0.05, 0.1) is 48.1 Å². The van der Waals surface area contributed by atoms with Gasteiger partial charge in [-0.3, -0.25) is 19.2 Å². The summed E-state index contributed by atoms with van der Waals surface area (Å²) in [5.74, 6) is -5.86. The first-order chi connectivity index (χ1) is 34.2. The van der Waals surface area contributed by atoms with Gasteiger partial charge in [-0.05, 0) is 120 Å². The zero-order valence-electron chi connectivity index (χ0n) is 41.0. The fraction of sp³-hybridized carbons (Fsp3) is 0.630. The second-order valence-electron chi connectivity index (χ2n) is 22.8. The lowest BCUT2D eigenvalue weighted by molar-refractivity contribution is -0.246. The average molecular weight is 1050 g/mol. The lowest BCUT2D eigenvalue weighted by Crippen LogP contribution is -2.70. The summed E-state index contributed by atoms with van der Waals surface area (Å²) in [6.07, 6.45) is -2.15. The van der Waals surface area contributed by atoms with Gasteiger partial charge in [-0.15, -0.1) is 0 Å². The maximum Gasteiger partial charge on any atom is 0.225 e. The number of nitrogens with zero attached hydrogens (tertiary/aromatic N) is 2. The highest BCUT2D eigenvalue weighted by Crippen LogP contribution is 2.75. The summed E-state index contributed by atoms with van der Waals surface area (Å²) >= 11 is 1.57. The number of allylic oxidation sites excluding steroid dienone is 8.